The number of sulfonamides is 1. The third kappa shape index (κ3) is 5.31. The summed E-state index contributed by atoms with van der Waals surface area (Å²) in [6, 6.07) is 10.6. The number of nitrogens with one attached hydrogen (secondary N) is 2. The van der Waals surface area contributed by atoms with E-state index < -0.39 is 21.8 Å². The molecule has 1 aromatic heterocycles. The number of amides is 2. The SMILES string of the molecule is CCc1nc2ccc(C(=O)NNC(=O)c3cccc(S(=O)(=O)N4CCOCC4)c3)cc2nc1CC. The van der Waals surface area contributed by atoms with Crippen LogP contribution in [-0.2, 0) is 27.6 Å². The van der Waals surface area contributed by atoms with Crippen LogP contribution in [0.4, 0.5) is 0 Å². The Morgan fingerprint density at radius 1 is 0.886 bits per heavy atom. The molecule has 1 fully saturated rings. The number of hydrogen-bond acceptors (Lipinski definition) is 7. The van der Waals surface area contributed by atoms with Crippen molar-refractivity contribution in [1.82, 2.24) is 25.1 Å². The van der Waals surface area contributed by atoms with Gasteiger partial charge >= 0.3 is 0 Å². The lowest BCUT2D eigenvalue weighted by Crippen LogP contribution is -2.42. The highest BCUT2D eigenvalue weighted by Crippen LogP contribution is 2.19. The second-order valence-electron chi connectivity index (χ2n) is 7.98. The van der Waals surface area contributed by atoms with Crippen LogP contribution >= 0.6 is 0 Å². The van der Waals surface area contributed by atoms with E-state index in [0.29, 0.717) is 29.8 Å². The minimum atomic E-state index is -3.75. The molecule has 1 aliphatic rings. The summed E-state index contributed by atoms with van der Waals surface area (Å²) in [6.45, 7) is 5.18. The van der Waals surface area contributed by atoms with Gasteiger partial charge in [-0.3, -0.25) is 20.4 Å². The summed E-state index contributed by atoms with van der Waals surface area (Å²) in [5.74, 6) is -1.17. The van der Waals surface area contributed by atoms with Crippen molar-refractivity contribution in [2.24, 2.45) is 0 Å². The molecular weight excluding hydrogens is 470 g/mol. The number of carbonyl (C=O) groups is 2. The minimum Gasteiger partial charge on any atom is -0.379 e. The summed E-state index contributed by atoms with van der Waals surface area (Å²) >= 11 is 0. The Morgan fingerprint density at radius 2 is 1.49 bits per heavy atom. The first-order valence-electron chi connectivity index (χ1n) is 11.4. The van der Waals surface area contributed by atoms with E-state index in [1.165, 1.54) is 28.6 Å². The number of fused-ring (bicyclic) bond motifs is 1. The highest BCUT2D eigenvalue weighted by molar-refractivity contribution is 7.89. The average molecular weight is 498 g/mol. The number of aromatic nitrogens is 2. The molecule has 2 heterocycles. The summed E-state index contributed by atoms with van der Waals surface area (Å²) < 4.78 is 32.3. The van der Waals surface area contributed by atoms with Gasteiger partial charge in [0.05, 0.1) is 40.5 Å². The first kappa shape index (κ1) is 24.7. The van der Waals surface area contributed by atoms with Crippen molar-refractivity contribution < 1.29 is 22.7 Å². The predicted molar refractivity (Wildman–Crippen MR) is 129 cm³/mol. The molecule has 184 valence electrons. The molecule has 0 aliphatic carbocycles. The van der Waals surface area contributed by atoms with Crippen LogP contribution in [0, 0.1) is 0 Å². The number of nitrogens with zero attached hydrogens (tertiary/aromatic N) is 3. The van der Waals surface area contributed by atoms with Crippen molar-refractivity contribution >= 4 is 32.9 Å². The maximum Gasteiger partial charge on any atom is 0.269 e. The standard InChI is InChI=1S/C24H27N5O5S/c1-3-19-20(4-2)26-22-15-17(8-9-21(22)25-19)24(31)28-27-23(30)16-6-5-7-18(14-16)35(32,33)29-10-12-34-13-11-29/h5-9,14-15H,3-4,10-13H2,1-2H3,(H,27,30)(H,28,31). The van der Waals surface area contributed by atoms with Crippen molar-refractivity contribution in [3.63, 3.8) is 0 Å². The zero-order chi connectivity index (χ0) is 25.0. The Bertz CT molecular complexity index is 1370. The Hall–Kier alpha value is -3.41. The molecule has 1 aliphatic heterocycles. The number of hydrazine groups is 1. The average Bonchev–Trinajstić information content (AvgIpc) is 2.90. The monoisotopic (exact) mass is 497 g/mol. The number of carbonyl (C=O) groups excluding carboxylic acids is 2. The van der Waals surface area contributed by atoms with Crippen LogP contribution in [0.2, 0.25) is 0 Å². The largest absolute Gasteiger partial charge is 0.379 e. The molecule has 0 atom stereocenters. The maximum atomic E-state index is 12.9. The molecule has 10 nitrogen and oxygen atoms in total. The van der Waals surface area contributed by atoms with Gasteiger partial charge in [0.1, 0.15) is 0 Å². The van der Waals surface area contributed by atoms with Crippen LogP contribution in [0.15, 0.2) is 47.4 Å². The van der Waals surface area contributed by atoms with Crippen molar-refractivity contribution in [2.45, 2.75) is 31.6 Å². The zero-order valence-electron chi connectivity index (χ0n) is 19.6. The molecule has 2 amide bonds. The van der Waals surface area contributed by atoms with Gasteiger partial charge in [-0.25, -0.2) is 18.4 Å². The fraction of sp³-hybridized carbons (Fsp3) is 0.333. The van der Waals surface area contributed by atoms with Crippen LogP contribution in [0.5, 0.6) is 0 Å². The lowest BCUT2D eigenvalue weighted by atomic mass is 10.1. The first-order valence-corrected chi connectivity index (χ1v) is 12.9. The maximum absolute atomic E-state index is 12.9. The normalized spacial score (nSPS) is 14.6. The number of ether oxygens (including phenoxy) is 1. The van der Waals surface area contributed by atoms with Crippen molar-refractivity contribution in [2.75, 3.05) is 26.3 Å². The molecule has 1 saturated heterocycles. The van der Waals surface area contributed by atoms with Gasteiger partial charge in [-0.05, 0) is 49.2 Å². The Balaban J connectivity index is 1.46. The summed E-state index contributed by atoms with van der Waals surface area (Å²) in [7, 11) is -3.75. The van der Waals surface area contributed by atoms with Crippen LogP contribution in [0.1, 0.15) is 46.0 Å². The van der Waals surface area contributed by atoms with Gasteiger partial charge in [-0.1, -0.05) is 19.9 Å². The molecule has 0 spiro atoms. The second kappa shape index (κ2) is 10.5. The molecule has 0 bridgehead atoms. The van der Waals surface area contributed by atoms with E-state index in [0.717, 1.165) is 24.2 Å². The fourth-order valence-corrected chi connectivity index (χ4v) is 5.28. The van der Waals surface area contributed by atoms with Crippen LogP contribution < -0.4 is 10.9 Å². The molecule has 2 N–H and O–H groups in total. The first-order chi connectivity index (χ1) is 16.8. The van der Waals surface area contributed by atoms with E-state index in [2.05, 4.69) is 20.8 Å². The highest BCUT2D eigenvalue weighted by atomic mass is 32.2. The third-order valence-electron chi connectivity index (χ3n) is 5.74. The molecule has 0 unspecified atom stereocenters. The minimum absolute atomic E-state index is 0.00431. The lowest BCUT2D eigenvalue weighted by Gasteiger charge is -2.26. The van der Waals surface area contributed by atoms with E-state index in [1.54, 1.807) is 18.2 Å². The van der Waals surface area contributed by atoms with E-state index in [9.17, 15) is 18.0 Å². The number of morpholine rings is 1. The van der Waals surface area contributed by atoms with Crippen LogP contribution in [-0.4, -0.2) is 60.8 Å². The van der Waals surface area contributed by atoms with E-state index in [-0.39, 0.29) is 23.5 Å². The Kier molecular flexibility index (Phi) is 7.39. The summed E-state index contributed by atoms with van der Waals surface area (Å²) in [6.07, 6.45) is 1.51. The van der Waals surface area contributed by atoms with Gasteiger partial charge < -0.3 is 4.74 Å². The van der Waals surface area contributed by atoms with E-state index >= 15 is 0 Å². The molecule has 2 aromatic carbocycles. The van der Waals surface area contributed by atoms with Crippen molar-refractivity contribution in [1.29, 1.82) is 0 Å². The lowest BCUT2D eigenvalue weighted by molar-refractivity contribution is 0.0730. The fourth-order valence-electron chi connectivity index (χ4n) is 3.83. The summed E-state index contributed by atoms with van der Waals surface area (Å²) in [5, 5.41) is 0. The van der Waals surface area contributed by atoms with Crippen LogP contribution in [0.25, 0.3) is 11.0 Å². The molecule has 0 saturated carbocycles. The molecule has 11 heteroatoms. The second-order valence-corrected chi connectivity index (χ2v) is 9.92. The van der Waals surface area contributed by atoms with Crippen molar-refractivity contribution in [3.05, 3.63) is 65.0 Å². The van der Waals surface area contributed by atoms with Gasteiger partial charge in [0.25, 0.3) is 11.8 Å². The number of hydrogen-bond donors (Lipinski definition) is 2. The molecule has 0 radical (unpaired) electrons. The van der Waals surface area contributed by atoms with Gasteiger partial charge in [0.2, 0.25) is 10.0 Å². The molecular formula is C24H27N5O5S. The summed E-state index contributed by atoms with van der Waals surface area (Å²) in [5.41, 5.74) is 8.23. The zero-order valence-corrected chi connectivity index (χ0v) is 20.4. The smallest absolute Gasteiger partial charge is 0.269 e. The number of rotatable bonds is 6. The summed E-state index contributed by atoms with van der Waals surface area (Å²) in [4.78, 5) is 34.5. The van der Waals surface area contributed by atoms with Crippen molar-refractivity contribution in [3.8, 4) is 0 Å². The highest BCUT2D eigenvalue weighted by Gasteiger charge is 2.27. The Morgan fingerprint density at radius 3 is 2.11 bits per heavy atom. The number of aryl methyl sites for hydroxylation is 2. The molecule has 3 aromatic rings. The van der Waals surface area contributed by atoms with Gasteiger partial charge in [0, 0.05) is 24.2 Å². The molecule has 35 heavy (non-hydrogen) atoms. The van der Waals surface area contributed by atoms with E-state index in [1.807, 2.05) is 13.8 Å². The quantitative estimate of drug-likeness (QED) is 0.497. The van der Waals surface area contributed by atoms with Gasteiger partial charge in [-0.2, -0.15) is 4.31 Å². The van der Waals surface area contributed by atoms with Gasteiger partial charge in [0.15, 0.2) is 0 Å². The predicted octanol–water partition coefficient (Wildman–Crippen LogP) is 1.85. The third-order valence-corrected chi connectivity index (χ3v) is 7.64. The van der Waals surface area contributed by atoms with Crippen LogP contribution in [0.3, 0.4) is 0 Å². The number of benzene rings is 2. The van der Waals surface area contributed by atoms with Gasteiger partial charge in [-0.15, -0.1) is 0 Å². The molecule has 4 rings (SSSR count). The van der Waals surface area contributed by atoms with E-state index in [4.69, 9.17) is 4.74 Å². The Labute approximate surface area is 203 Å². The topological polar surface area (TPSA) is 131 Å².